The third kappa shape index (κ3) is 5.68. The molecule has 0 fully saturated rings. The summed E-state index contributed by atoms with van der Waals surface area (Å²) >= 11 is 0.0435. The zero-order chi connectivity index (χ0) is 18.6. The number of benzene rings is 2. The molecule has 0 unspecified atom stereocenters. The summed E-state index contributed by atoms with van der Waals surface area (Å²) in [6, 6.07) is 24.6. The van der Waals surface area contributed by atoms with Crippen molar-refractivity contribution in [1.82, 2.24) is 0 Å². The van der Waals surface area contributed by atoms with Crippen LogP contribution in [-0.2, 0) is 10.8 Å². The van der Waals surface area contributed by atoms with E-state index in [2.05, 4.69) is 105 Å². The fourth-order valence-electron chi connectivity index (χ4n) is 3.78. The van der Waals surface area contributed by atoms with Gasteiger partial charge in [-0.3, -0.25) is 0 Å². The Balaban J connectivity index is 0.00000261. The normalized spacial score (nSPS) is 11.7. The predicted octanol–water partition coefficient (Wildman–Crippen LogP) is 3.41. The summed E-state index contributed by atoms with van der Waals surface area (Å²) in [5, 5.41) is 4.69. The van der Waals surface area contributed by atoms with Crippen LogP contribution in [0.5, 0.6) is 0 Å². The molecule has 0 nitrogen and oxygen atoms in total. The van der Waals surface area contributed by atoms with Crippen molar-refractivity contribution in [3.63, 3.8) is 0 Å². The van der Waals surface area contributed by atoms with Gasteiger partial charge in [-0.1, -0.05) is 0 Å². The van der Waals surface area contributed by atoms with Gasteiger partial charge in [0.25, 0.3) is 0 Å². The maximum absolute atomic E-state index is 2.44. The van der Waals surface area contributed by atoms with Gasteiger partial charge in [0.15, 0.2) is 0 Å². The predicted molar refractivity (Wildman–Crippen MR) is 118 cm³/mol. The van der Waals surface area contributed by atoms with Crippen molar-refractivity contribution >= 4 is 34.7 Å². The standard InChI is InChI=1S/2C10H13.C4H3S.FH.Sn/c2*1-10(2,3)9-7-5-4-6-8-9;1-2-4-5-3-1;;/h2*4-8H,1H2,2-3H3;1,3-4H;1H;/q;;;;+1/p-1. The maximum atomic E-state index is 2.44. The molecule has 142 valence electrons. The van der Waals surface area contributed by atoms with Crippen molar-refractivity contribution in [3.05, 3.63) is 88.6 Å². The fraction of sp³-hybridized carbons (Fsp3) is 0.333. The Morgan fingerprint density at radius 3 is 1.52 bits per heavy atom. The largest absolute Gasteiger partial charge is 1.00 e. The SMILES string of the molecule is CC(C)([CH2][Sn+]([CH2]C(C)(C)c1ccccc1)[c]1ccsc1)c1ccccc1.[F-]. The van der Waals surface area contributed by atoms with E-state index in [0.717, 1.165) is 0 Å². The molecule has 3 aromatic rings. The molecule has 0 radical (unpaired) electrons. The fourth-order valence-corrected chi connectivity index (χ4v) is 16.5. The van der Waals surface area contributed by atoms with Crippen LogP contribution in [0.3, 0.4) is 0 Å². The first-order valence-electron chi connectivity index (χ1n) is 9.37. The average Bonchev–Trinajstić information content (AvgIpc) is 3.17. The molecule has 0 aliphatic rings. The molecular weight excluding hydrogens is 458 g/mol. The average molecular weight is 487 g/mol. The summed E-state index contributed by atoms with van der Waals surface area (Å²) in [5.41, 5.74) is 3.44. The van der Waals surface area contributed by atoms with Crippen molar-refractivity contribution in [2.24, 2.45) is 0 Å². The Bertz CT molecular complexity index is 741. The summed E-state index contributed by atoms with van der Waals surface area (Å²) in [7, 11) is 0. The van der Waals surface area contributed by atoms with Gasteiger partial charge in [-0.25, -0.2) is 0 Å². The van der Waals surface area contributed by atoms with Crippen LogP contribution < -0.4 is 8.28 Å². The monoisotopic (exact) mass is 488 g/mol. The molecule has 3 rings (SSSR count). The molecule has 3 heteroatoms. The quantitative estimate of drug-likeness (QED) is 0.449. The molecule has 0 atom stereocenters. The van der Waals surface area contributed by atoms with Gasteiger partial charge < -0.3 is 4.70 Å². The number of hydrogen-bond donors (Lipinski definition) is 0. The Labute approximate surface area is 174 Å². The topological polar surface area (TPSA) is 0 Å². The molecular formula is C24H29FSSn. The van der Waals surface area contributed by atoms with Crippen LogP contribution in [0.1, 0.15) is 38.8 Å². The molecule has 0 saturated carbocycles. The minimum atomic E-state index is -1.82. The first-order valence-corrected chi connectivity index (χ1v) is 15.8. The van der Waals surface area contributed by atoms with Crippen molar-refractivity contribution in [3.8, 4) is 0 Å². The van der Waals surface area contributed by atoms with Crippen LogP contribution in [0, 0.1) is 0 Å². The van der Waals surface area contributed by atoms with Gasteiger partial charge in [0.2, 0.25) is 0 Å². The third-order valence-corrected chi connectivity index (χ3v) is 17.3. The number of thiophene rings is 1. The van der Waals surface area contributed by atoms with Crippen LogP contribution >= 0.6 is 11.3 Å². The van der Waals surface area contributed by atoms with E-state index >= 15 is 0 Å². The smallest absolute Gasteiger partial charge is 1.00 e. The van der Waals surface area contributed by atoms with Gasteiger partial charge in [-0.2, -0.15) is 0 Å². The molecule has 0 amide bonds. The van der Waals surface area contributed by atoms with Crippen LogP contribution in [0.15, 0.2) is 77.5 Å². The summed E-state index contributed by atoms with van der Waals surface area (Å²) < 4.78 is 4.39. The van der Waals surface area contributed by atoms with Crippen molar-refractivity contribution < 1.29 is 4.70 Å². The molecule has 1 heterocycles. The molecule has 0 spiro atoms. The Morgan fingerprint density at radius 1 is 0.704 bits per heavy atom. The van der Waals surface area contributed by atoms with E-state index in [1.54, 1.807) is 3.58 Å². The second kappa shape index (κ2) is 9.38. The molecule has 0 aliphatic carbocycles. The van der Waals surface area contributed by atoms with Gasteiger partial charge in [-0.05, 0) is 0 Å². The molecule has 0 N–H and O–H groups in total. The summed E-state index contributed by atoms with van der Waals surface area (Å²) in [4.78, 5) is 0. The van der Waals surface area contributed by atoms with Gasteiger partial charge in [-0.15, -0.1) is 0 Å². The van der Waals surface area contributed by atoms with Gasteiger partial charge in [0.1, 0.15) is 0 Å². The maximum Gasteiger partial charge on any atom is -1.00 e. The van der Waals surface area contributed by atoms with Crippen molar-refractivity contribution in [1.29, 1.82) is 0 Å². The summed E-state index contributed by atoms with van der Waals surface area (Å²) in [6.07, 6.45) is 0. The van der Waals surface area contributed by atoms with Crippen LogP contribution in [0.25, 0.3) is 0 Å². The summed E-state index contributed by atoms with van der Waals surface area (Å²) in [6.45, 7) is 9.74. The first kappa shape index (κ1) is 22.2. The van der Waals surface area contributed by atoms with Crippen LogP contribution in [0.2, 0.25) is 8.87 Å². The number of halogens is 1. The molecule has 1 aromatic heterocycles. The van der Waals surface area contributed by atoms with Crippen molar-refractivity contribution in [2.75, 3.05) is 0 Å². The molecule has 0 aliphatic heterocycles. The second-order valence-corrected chi connectivity index (χ2v) is 16.4. The Kier molecular flexibility index (Phi) is 7.70. The van der Waals surface area contributed by atoms with E-state index in [9.17, 15) is 0 Å². The molecule has 27 heavy (non-hydrogen) atoms. The molecule has 0 bridgehead atoms. The van der Waals surface area contributed by atoms with E-state index < -0.39 is 19.8 Å². The van der Waals surface area contributed by atoms with Crippen LogP contribution in [0.4, 0.5) is 0 Å². The third-order valence-electron chi connectivity index (χ3n) is 5.35. The first-order chi connectivity index (χ1) is 12.4. The van der Waals surface area contributed by atoms with Gasteiger partial charge >= 0.3 is 171 Å². The number of rotatable bonds is 7. The molecule has 0 saturated heterocycles. The van der Waals surface area contributed by atoms with E-state index in [1.807, 2.05) is 11.3 Å². The zero-order valence-corrected chi connectivity index (χ0v) is 20.4. The van der Waals surface area contributed by atoms with E-state index in [-0.39, 0.29) is 15.5 Å². The van der Waals surface area contributed by atoms with Crippen LogP contribution in [-0.4, -0.2) is 19.8 Å². The van der Waals surface area contributed by atoms with E-state index in [4.69, 9.17) is 0 Å². The van der Waals surface area contributed by atoms with Gasteiger partial charge in [0, 0.05) is 0 Å². The second-order valence-electron chi connectivity index (χ2n) is 8.47. The molecule has 2 aromatic carbocycles. The van der Waals surface area contributed by atoms with Gasteiger partial charge in [0.05, 0.1) is 0 Å². The Morgan fingerprint density at radius 2 is 1.15 bits per heavy atom. The Hall–Kier alpha value is -1.13. The van der Waals surface area contributed by atoms with E-state index in [1.165, 1.54) is 20.0 Å². The number of hydrogen-bond acceptors (Lipinski definition) is 1. The minimum Gasteiger partial charge on any atom is -1.00 e. The zero-order valence-electron chi connectivity index (χ0n) is 16.7. The summed E-state index contributed by atoms with van der Waals surface area (Å²) in [5.74, 6) is 0. The minimum absolute atomic E-state index is 0. The van der Waals surface area contributed by atoms with E-state index in [0.29, 0.717) is 0 Å². The van der Waals surface area contributed by atoms with Crippen molar-refractivity contribution in [2.45, 2.75) is 47.4 Å².